The zero-order valence-corrected chi connectivity index (χ0v) is 22.0. The van der Waals surface area contributed by atoms with Gasteiger partial charge in [-0.3, -0.25) is 0 Å². The van der Waals surface area contributed by atoms with E-state index in [1.54, 1.807) is 36.8 Å². The van der Waals surface area contributed by atoms with E-state index in [1.165, 1.54) is 26.2 Å². The number of methoxy groups -OCH3 is 1. The first-order valence-corrected chi connectivity index (χ1v) is 13.6. The summed E-state index contributed by atoms with van der Waals surface area (Å²) in [5.41, 5.74) is 1.69. The number of rotatable bonds is 10. The van der Waals surface area contributed by atoms with Gasteiger partial charge in [0, 0.05) is 50.1 Å². The van der Waals surface area contributed by atoms with Gasteiger partial charge in [-0.15, -0.1) is 11.3 Å². The number of benzene rings is 2. The van der Waals surface area contributed by atoms with Crippen LogP contribution in [0.15, 0.2) is 58.9 Å². The zero-order chi connectivity index (χ0) is 25.9. The van der Waals surface area contributed by atoms with Crippen LogP contribution in [0.5, 0.6) is 17.2 Å². The molecule has 4 rings (SSSR count). The van der Waals surface area contributed by atoms with Gasteiger partial charge in [-0.05, 0) is 43.7 Å². The second-order valence-electron chi connectivity index (χ2n) is 8.48. The maximum atomic E-state index is 14.9. The molecule has 1 unspecified atom stereocenters. The van der Waals surface area contributed by atoms with Crippen molar-refractivity contribution in [3.63, 3.8) is 0 Å². The minimum Gasteiger partial charge on any atom is -0.488 e. The van der Waals surface area contributed by atoms with E-state index in [0.717, 1.165) is 33.1 Å². The van der Waals surface area contributed by atoms with E-state index in [1.807, 2.05) is 18.4 Å². The van der Waals surface area contributed by atoms with Crippen LogP contribution in [0.4, 0.5) is 4.39 Å². The van der Waals surface area contributed by atoms with Gasteiger partial charge in [-0.2, -0.15) is 0 Å². The number of sulfonamides is 1. The van der Waals surface area contributed by atoms with Crippen LogP contribution in [0.3, 0.4) is 0 Å². The fourth-order valence-corrected chi connectivity index (χ4v) is 5.35. The monoisotopic (exact) mass is 533 g/mol. The number of nitrogens with zero attached hydrogens (tertiary/aromatic N) is 2. The van der Waals surface area contributed by atoms with Crippen LogP contribution in [0.1, 0.15) is 30.0 Å². The lowest BCUT2D eigenvalue weighted by atomic mass is 10.1. The number of nitrogens with one attached hydrogen (secondary N) is 1. The van der Waals surface area contributed by atoms with E-state index in [-0.39, 0.29) is 22.8 Å². The largest absolute Gasteiger partial charge is 0.488 e. The number of thiazole rings is 1. The Labute approximate surface area is 214 Å². The molecular formula is C25H28FN3O5S2. The molecule has 1 aromatic heterocycles. The fraction of sp³-hybridized carbons (Fsp3) is 0.320. The third kappa shape index (κ3) is 5.86. The average Bonchev–Trinajstić information content (AvgIpc) is 3.52. The van der Waals surface area contributed by atoms with Crippen molar-refractivity contribution in [2.45, 2.75) is 30.4 Å². The van der Waals surface area contributed by atoms with E-state index in [2.05, 4.69) is 16.4 Å². The van der Waals surface area contributed by atoms with Crippen molar-refractivity contribution in [3.05, 3.63) is 70.4 Å². The highest BCUT2D eigenvalue weighted by atomic mass is 32.2. The lowest BCUT2D eigenvalue weighted by Crippen LogP contribution is -2.22. The summed E-state index contributed by atoms with van der Waals surface area (Å²) in [5, 5.41) is 6.42. The van der Waals surface area contributed by atoms with E-state index < -0.39 is 15.8 Å². The molecule has 8 nitrogen and oxygen atoms in total. The van der Waals surface area contributed by atoms with Crippen molar-refractivity contribution in [1.29, 1.82) is 0 Å². The molecule has 0 radical (unpaired) electrons. The van der Waals surface area contributed by atoms with Crippen molar-refractivity contribution in [3.8, 4) is 17.2 Å². The first-order valence-electron chi connectivity index (χ1n) is 11.2. The van der Waals surface area contributed by atoms with Crippen LogP contribution in [0.2, 0.25) is 0 Å². The summed E-state index contributed by atoms with van der Waals surface area (Å²) in [5.74, 6) is -0.0235. The predicted octanol–water partition coefficient (Wildman–Crippen LogP) is 4.81. The Morgan fingerprint density at radius 1 is 1.22 bits per heavy atom. The lowest BCUT2D eigenvalue weighted by Gasteiger charge is -2.18. The van der Waals surface area contributed by atoms with E-state index in [4.69, 9.17) is 14.2 Å². The third-order valence-corrected chi connectivity index (χ3v) is 8.18. The molecule has 2 atom stereocenters. The van der Waals surface area contributed by atoms with Crippen LogP contribution in [-0.2, 0) is 14.8 Å². The predicted molar refractivity (Wildman–Crippen MR) is 136 cm³/mol. The SMILES string of the molecule is COC[C@H](C)Oc1cc(Oc2ccc(S(=O)(=O)N(C)C)cc2F)cc(C2=CCC(c3nccs3)N2)c1. The summed E-state index contributed by atoms with van der Waals surface area (Å²) in [7, 11) is 0.604. The molecule has 0 spiro atoms. The Morgan fingerprint density at radius 3 is 2.67 bits per heavy atom. The van der Waals surface area contributed by atoms with Gasteiger partial charge in [0.15, 0.2) is 11.6 Å². The minimum atomic E-state index is -3.77. The molecule has 1 aliphatic heterocycles. The Balaban J connectivity index is 1.62. The second-order valence-corrected chi connectivity index (χ2v) is 11.6. The van der Waals surface area contributed by atoms with Crippen LogP contribution in [-0.4, -0.2) is 51.6 Å². The average molecular weight is 534 g/mol. The molecule has 2 heterocycles. The number of hydrogen-bond donors (Lipinski definition) is 1. The molecule has 3 aromatic rings. The highest BCUT2D eigenvalue weighted by Crippen LogP contribution is 2.36. The van der Waals surface area contributed by atoms with E-state index in [0.29, 0.717) is 18.1 Å². The molecule has 36 heavy (non-hydrogen) atoms. The summed E-state index contributed by atoms with van der Waals surface area (Å²) < 4.78 is 57.6. The summed E-state index contributed by atoms with van der Waals surface area (Å²) in [6.07, 6.45) is 4.41. The first-order chi connectivity index (χ1) is 17.2. The van der Waals surface area contributed by atoms with Crippen LogP contribution in [0, 0.1) is 5.82 Å². The van der Waals surface area contributed by atoms with Crippen LogP contribution >= 0.6 is 11.3 Å². The van der Waals surface area contributed by atoms with Crippen molar-refractivity contribution >= 4 is 27.1 Å². The molecular weight excluding hydrogens is 505 g/mol. The van der Waals surface area contributed by atoms with Gasteiger partial charge in [-0.1, -0.05) is 6.08 Å². The standard InChI is InChI=1S/C25H28FN3O5S2/c1-16(15-32-4)33-18-11-17(22-6-7-23(28-22)25-27-9-10-35-25)12-19(13-18)34-24-8-5-20(14-21(24)26)36(30,31)29(2)3/h5-6,8-14,16,23,28H,7,15H2,1-4H3/t16-,23?/m0/s1. The third-order valence-electron chi connectivity index (χ3n) is 5.48. The topological polar surface area (TPSA) is 90.0 Å². The molecule has 0 aliphatic carbocycles. The summed E-state index contributed by atoms with van der Waals surface area (Å²) >= 11 is 1.59. The van der Waals surface area contributed by atoms with Crippen molar-refractivity contribution in [2.24, 2.45) is 0 Å². The van der Waals surface area contributed by atoms with Gasteiger partial charge < -0.3 is 19.5 Å². The van der Waals surface area contributed by atoms with Gasteiger partial charge >= 0.3 is 0 Å². The van der Waals surface area contributed by atoms with Crippen LogP contribution in [0.25, 0.3) is 5.70 Å². The van der Waals surface area contributed by atoms with Gasteiger partial charge in [0.2, 0.25) is 10.0 Å². The normalized spacial score (nSPS) is 16.5. The molecule has 11 heteroatoms. The molecule has 0 amide bonds. The highest BCUT2D eigenvalue weighted by molar-refractivity contribution is 7.89. The molecule has 1 N–H and O–H groups in total. The van der Waals surface area contributed by atoms with Gasteiger partial charge in [0.25, 0.3) is 0 Å². The van der Waals surface area contributed by atoms with E-state index >= 15 is 0 Å². The Morgan fingerprint density at radius 2 is 2.00 bits per heavy atom. The quantitative estimate of drug-likeness (QED) is 0.400. The minimum absolute atomic E-state index is 0.0741. The number of hydrogen-bond acceptors (Lipinski definition) is 8. The molecule has 1 aliphatic rings. The smallest absolute Gasteiger partial charge is 0.242 e. The summed E-state index contributed by atoms with van der Waals surface area (Å²) in [6.45, 7) is 2.27. The van der Waals surface area contributed by atoms with Crippen molar-refractivity contribution in [1.82, 2.24) is 14.6 Å². The number of aromatic nitrogens is 1. The van der Waals surface area contributed by atoms with Gasteiger partial charge in [0.1, 0.15) is 22.6 Å². The first kappa shape index (κ1) is 26.1. The molecule has 2 aromatic carbocycles. The fourth-order valence-electron chi connectivity index (χ4n) is 3.73. The number of ether oxygens (including phenoxy) is 3. The maximum absolute atomic E-state index is 14.9. The molecule has 0 bridgehead atoms. The Bertz CT molecular complexity index is 1340. The lowest BCUT2D eigenvalue weighted by molar-refractivity contribution is 0.0919. The summed E-state index contributed by atoms with van der Waals surface area (Å²) in [6, 6.07) is 8.96. The molecule has 0 fully saturated rings. The second kappa shape index (κ2) is 11.0. The van der Waals surface area contributed by atoms with E-state index in [9.17, 15) is 12.8 Å². The zero-order valence-electron chi connectivity index (χ0n) is 20.4. The molecule has 192 valence electrons. The maximum Gasteiger partial charge on any atom is 0.242 e. The van der Waals surface area contributed by atoms with Crippen molar-refractivity contribution < 1.29 is 27.0 Å². The number of halogens is 1. The Kier molecular flexibility index (Phi) is 7.94. The Hall–Kier alpha value is -2.99. The van der Waals surface area contributed by atoms with Crippen LogP contribution < -0.4 is 14.8 Å². The summed E-state index contributed by atoms with van der Waals surface area (Å²) in [4.78, 5) is 4.24. The highest BCUT2D eigenvalue weighted by Gasteiger charge is 2.23. The van der Waals surface area contributed by atoms with Crippen molar-refractivity contribution in [2.75, 3.05) is 27.8 Å². The molecule has 0 saturated heterocycles. The van der Waals surface area contributed by atoms with Gasteiger partial charge in [0.05, 0.1) is 17.5 Å². The van der Waals surface area contributed by atoms with Gasteiger partial charge in [-0.25, -0.2) is 22.1 Å². The molecule has 0 saturated carbocycles.